The summed E-state index contributed by atoms with van der Waals surface area (Å²) in [6, 6.07) is 30.8. The molecule has 10 nitrogen and oxygen atoms in total. The van der Waals surface area contributed by atoms with Crippen LogP contribution in [0.15, 0.2) is 109 Å². The zero-order chi connectivity index (χ0) is 33.6. The van der Waals surface area contributed by atoms with Gasteiger partial charge in [-0.3, -0.25) is 15.0 Å². The van der Waals surface area contributed by atoms with Crippen LogP contribution in [-0.4, -0.2) is 38.2 Å². The molecule has 0 saturated heterocycles. The Kier molecular flexibility index (Phi) is 12.8. The Morgan fingerprint density at radius 2 is 1.34 bits per heavy atom. The van der Waals surface area contributed by atoms with Crippen molar-refractivity contribution < 1.29 is 18.0 Å². The Labute approximate surface area is 276 Å². The first kappa shape index (κ1) is 35.0. The molecule has 246 valence electrons. The van der Waals surface area contributed by atoms with E-state index in [4.69, 9.17) is 16.9 Å². The number of sulfonamides is 1. The molecule has 0 fully saturated rings. The number of rotatable bonds is 17. The maximum atomic E-state index is 13.8. The number of carbonyl (C=O) groups excluding carboxylic acids is 2. The van der Waals surface area contributed by atoms with Crippen LogP contribution >= 0.6 is 0 Å². The first-order chi connectivity index (χ1) is 22.6. The number of hydrogen-bond donors (Lipinski definition) is 6. The summed E-state index contributed by atoms with van der Waals surface area (Å²) in [6.07, 6.45) is 1.60. The molecule has 4 aromatic rings. The normalized spacial score (nSPS) is 12.5. The molecule has 0 radical (unpaired) electrons. The fourth-order valence-corrected chi connectivity index (χ4v) is 6.54. The van der Waals surface area contributed by atoms with Crippen LogP contribution in [0, 0.1) is 5.41 Å². The summed E-state index contributed by atoms with van der Waals surface area (Å²) >= 11 is 0. The lowest BCUT2D eigenvalue weighted by Gasteiger charge is -2.24. The monoisotopic (exact) mass is 654 g/mol. The smallest absolute Gasteiger partial charge is 0.243 e. The second-order valence-electron chi connectivity index (χ2n) is 11.4. The topological polar surface area (TPSA) is 180 Å². The molecule has 4 rings (SSSR count). The predicted molar refractivity (Wildman–Crippen MR) is 185 cm³/mol. The Bertz CT molecular complexity index is 1730. The van der Waals surface area contributed by atoms with Crippen molar-refractivity contribution in [2.75, 3.05) is 0 Å². The van der Waals surface area contributed by atoms with Crippen molar-refractivity contribution in [3.63, 3.8) is 0 Å². The van der Waals surface area contributed by atoms with E-state index in [1.807, 2.05) is 54.6 Å². The van der Waals surface area contributed by atoms with Crippen molar-refractivity contribution in [2.24, 2.45) is 11.5 Å². The van der Waals surface area contributed by atoms with Gasteiger partial charge < -0.3 is 22.1 Å². The maximum Gasteiger partial charge on any atom is 0.243 e. The maximum absolute atomic E-state index is 13.8. The number of benzene rings is 4. The molecule has 0 heterocycles. The molecule has 2 unspecified atom stereocenters. The Morgan fingerprint density at radius 3 is 1.98 bits per heavy atom. The van der Waals surface area contributed by atoms with Crippen LogP contribution in [0.3, 0.4) is 0 Å². The highest BCUT2D eigenvalue weighted by Gasteiger charge is 2.29. The fourth-order valence-electron chi connectivity index (χ4n) is 5.17. The Balaban J connectivity index is 1.52. The van der Waals surface area contributed by atoms with E-state index in [1.54, 1.807) is 54.6 Å². The van der Waals surface area contributed by atoms with E-state index >= 15 is 0 Å². The van der Waals surface area contributed by atoms with Crippen LogP contribution < -0.4 is 26.8 Å². The van der Waals surface area contributed by atoms with Gasteiger partial charge in [-0.25, -0.2) is 13.1 Å². The van der Waals surface area contributed by atoms with Gasteiger partial charge in [-0.2, -0.15) is 0 Å². The average molecular weight is 655 g/mol. The Hall–Kier alpha value is -4.84. The van der Waals surface area contributed by atoms with Gasteiger partial charge in [-0.05, 0) is 47.1 Å². The number of nitrogens with two attached hydrogens (primary N) is 2. The summed E-state index contributed by atoms with van der Waals surface area (Å²) in [5.41, 5.74) is 16.1. The van der Waals surface area contributed by atoms with Gasteiger partial charge in [0.2, 0.25) is 21.8 Å². The van der Waals surface area contributed by atoms with Gasteiger partial charge in [0.25, 0.3) is 0 Å². The predicted octanol–water partition coefficient (Wildman–Crippen LogP) is 3.28. The van der Waals surface area contributed by atoms with E-state index in [1.165, 1.54) is 0 Å². The minimum absolute atomic E-state index is 0.0548. The molecule has 4 aromatic carbocycles. The molecule has 2 atom stereocenters. The third-order valence-electron chi connectivity index (χ3n) is 7.67. The summed E-state index contributed by atoms with van der Waals surface area (Å²) in [4.78, 5) is 27.4. The molecule has 47 heavy (non-hydrogen) atoms. The van der Waals surface area contributed by atoms with Gasteiger partial charge in [0.1, 0.15) is 17.9 Å². The van der Waals surface area contributed by atoms with Gasteiger partial charge >= 0.3 is 0 Å². The molecule has 0 saturated carbocycles. The van der Waals surface area contributed by atoms with Crippen LogP contribution in [-0.2, 0) is 51.3 Å². The van der Waals surface area contributed by atoms with Crippen molar-refractivity contribution in [3.05, 3.63) is 143 Å². The third-order valence-corrected chi connectivity index (χ3v) is 9.03. The first-order valence-corrected chi connectivity index (χ1v) is 17.1. The summed E-state index contributed by atoms with van der Waals surface area (Å²) in [6.45, 7) is 0.496. The molecular formula is C36H42N6O4S. The van der Waals surface area contributed by atoms with Crippen molar-refractivity contribution in [1.82, 2.24) is 15.4 Å². The summed E-state index contributed by atoms with van der Waals surface area (Å²) in [5.74, 6) is -1.35. The summed E-state index contributed by atoms with van der Waals surface area (Å²) in [5, 5.41) is 13.3. The van der Waals surface area contributed by atoms with E-state index in [-0.39, 0.29) is 31.0 Å². The van der Waals surface area contributed by atoms with Crippen LogP contribution in [0.5, 0.6) is 0 Å². The van der Waals surface area contributed by atoms with Crippen LogP contribution in [0.2, 0.25) is 0 Å². The number of carbonyl (C=O) groups is 2. The van der Waals surface area contributed by atoms with Gasteiger partial charge in [-0.15, -0.1) is 0 Å². The van der Waals surface area contributed by atoms with Crippen molar-refractivity contribution in [2.45, 2.75) is 56.6 Å². The highest BCUT2D eigenvalue weighted by atomic mass is 32.2. The minimum Gasteiger partial charge on any atom is -0.384 e. The number of amides is 2. The molecule has 0 spiro atoms. The molecule has 8 N–H and O–H groups in total. The van der Waals surface area contributed by atoms with Gasteiger partial charge in [0, 0.05) is 25.1 Å². The van der Waals surface area contributed by atoms with Crippen molar-refractivity contribution >= 4 is 27.7 Å². The van der Waals surface area contributed by atoms with E-state index in [2.05, 4.69) is 15.4 Å². The van der Waals surface area contributed by atoms with Crippen LogP contribution in [0.25, 0.3) is 0 Å². The molecular weight excluding hydrogens is 613 g/mol. The zero-order valence-corrected chi connectivity index (χ0v) is 27.0. The molecule has 11 heteroatoms. The Morgan fingerprint density at radius 1 is 0.723 bits per heavy atom. The lowest BCUT2D eigenvalue weighted by Crippen LogP contribution is -2.54. The lowest BCUT2D eigenvalue weighted by molar-refractivity contribution is -0.130. The highest BCUT2D eigenvalue weighted by Crippen LogP contribution is 2.13. The quantitative estimate of drug-likeness (QED) is 0.0751. The molecule has 2 amide bonds. The third kappa shape index (κ3) is 11.5. The lowest BCUT2D eigenvalue weighted by atomic mass is 10.0. The van der Waals surface area contributed by atoms with E-state index in [0.29, 0.717) is 30.5 Å². The summed E-state index contributed by atoms with van der Waals surface area (Å²) in [7, 11) is -3.90. The zero-order valence-electron chi connectivity index (χ0n) is 26.2. The number of nitrogens with one attached hydrogen (secondary N) is 4. The first-order valence-electron chi connectivity index (χ1n) is 15.5. The number of nitrogen functional groups attached to an aromatic ring is 1. The summed E-state index contributed by atoms with van der Waals surface area (Å²) < 4.78 is 29.1. The standard InChI is InChI=1S/C36H42N6O4S/c37-23-30-15-7-14-29(21-30)22-33(35(43)40-24-27-17-19-31(20-18-27)34(38)39)41-36(44)32(16-8-13-26-9-3-1-4-10-26)42-47(45,46)25-28-11-5-2-6-12-28/h1-7,9-12,14-15,17-21,32-33,42H,8,13,16,22-25,37H2,(H3,38,39)(H,40,43)(H,41,44). The van der Waals surface area contributed by atoms with E-state index in [9.17, 15) is 18.0 Å². The molecule has 0 bridgehead atoms. The van der Waals surface area contributed by atoms with Gasteiger partial charge in [-0.1, -0.05) is 109 Å². The SMILES string of the molecule is N=C(N)c1ccc(CNC(=O)C(Cc2cccc(CN)c2)NC(=O)C(CCCc2ccccc2)NS(=O)(=O)Cc2ccccc2)cc1. The van der Waals surface area contributed by atoms with E-state index in [0.717, 1.165) is 22.3 Å². The minimum atomic E-state index is -3.90. The largest absolute Gasteiger partial charge is 0.384 e. The molecule has 0 aliphatic heterocycles. The molecule has 0 aromatic heterocycles. The average Bonchev–Trinajstić information content (AvgIpc) is 3.07. The second-order valence-corrected chi connectivity index (χ2v) is 13.2. The number of aryl methyl sites for hydroxylation is 1. The van der Waals surface area contributed by atoms with Crippen molar-refractivity contribution in [1.29, 1.82) is 5.41 Å². The number of amidine groups is 1. The van der Waals surface area contributed by atoms with Crippen molar-refractivity contribution in [3.8, 4) is 0 Å². The highest BCUT2D eigenvalue weighted by molar-refractivity contribution is 7.88. The van der Waals surface area contributed by atoms with Gasteiger partial charge in [0.05, 0.1) is 5.75 Å². The number of hydrogen-bond acceptors (Lipinski definition) is 6. The molecule has 0 aliphatic rings. The fraction of sp³-hybridized carbons (Fsp3) is 0.250. The van der Waals surface area contributed by atoms with Crippen LogP contribution in [0.4, 0.5) is 0 Å². The van der Waals surface area contributed by atoms with Gasteiger partial charge in [0.15, 0.2) is 0 Å². The second kappa shape index (κ2) is 17.2. The molecule has 0 aliphatic carbocycles. The van der Waals surface area contributed by atoms with E-state index < -0.39 is 33.9 Å². The van der Waals surface area contributed by atoms with Crippen LogP contribution in [0.1, 0.15) is 46.2 Å².